The molecule has 0 aliphatic heterocycles. The van der Waals surface area contributed by atoms with Crippen LogP contribution in [0.1, 0.15) is 56.4 Å². The average molecular weight is 221 g/mol. The van der Waals surface area contributed by atoms with E-state index in [9.17, 15) is 0 Å². The Morgan fingerprint density at radius 1 is 1.50 bits per heavy atom. The van der Waals surface area contributed by atoms with E-state index in [2.05, 4.69) is 18.3 Å². The highest BCUT2D eigenvalue weighted by Crippen LogP contribution is 2.36. The Hall–Kier alpha value is -0.760. The van der Waals surface area contributed by atoms with Crippen LogP contribution < -0.4 is 5.32 Å². The molecule has 1 N–H and O–H groups in total. The molecular formula is C14H23NO. The van der Waals surface area contributed by atoms with E-state index in [1.165, 1.54) is 37.7 Å². The van der Waals surface area contributed by atoms with Gasteiger partial charge in [-0.1, -0.05) is 19.8 Å². The zero-order chi connectivity index (χ0) is 11.4. The number of hydrogen-bond donors (Lipinski definition) is 1. The number of furan rings is 1. The second-order valence-corrected chi connectivity index (χ2v) is 5.02. The maximum absolute atomic E-state index is 5.41. The van der Waals surface area contributed by atoms with Crippen molar-refractivity contribution in [1.29, 1.82) is 0 Å². The van der Waals surface area contributed by atoms with Crippen LogP contribution >= 0.6 is 0 Å². The summed E-state index contributed by atoms with van der Waals surface area (Å²) in [5.74, 6) is 2.03. The summed E-state index contributed by atoms with van der Waals surface area (Å²) in [5.41, 5.74) is 1.33. The van der Waals surface area contributed by atoms with Gasteiger partial charge in [-0.3, -0.25) is 0 Å². The van der Waals surface area contributed by atoms with E-state index in [4.69, 9.17) is 4.42 Å². The van der Waals surface area contributed by atoms with Gasteiger partial charge in [0, 0.05) is 11.6 Å². The second-order valence-electron chi connectivity index (χ2n) is 5.02. The monoisotopic (exact) mass is 221 g/mol. The fourth-order valence-electron chi connectivity index (χ4n) is 2.16. The van der Waals surface area contributed by atoms with Crippen LogP contribution in [-0.4, -0.2) is 6.54 Å². The van der Waals surface area contributed by atoms with Gasteiger partial charge in [-0.05, 0) is 44.7 Å². The lowest BCUT2D eigenvalue weighted by Gasteiger charge is -2.16. The molecule has 1 heterocycles. The van der Waals surface area contributed by atoms with E-state index in [1.807, 2.05) is 13.2 Å². The van der Waals surface area contributed by atoms with E-state index in [1.54, 1.807) is 0 Å². The molecule has 1 aliphatic rings. The Labute approximate surface area is 98.4 Å². The molecule has 1 aromatic rings. The molecule has 2 rings (SSSR count). The van der Waals surface area contributed by atoms with Gasteiger partial charge in [0.1, 0.15) is 5.76 Å². The molecule has 0 aromatic carbocycles. The summed E-state index contributed by atoms with van der Waals surface area (Å²) in [6, 6.07) is 2.67. The highest BCUT2D eigenvalue weighted by Gasteiger charge is 2.23. The van der Waals surface area contributed by atoms with Crippen molar-refractivity contribution in [2.45, 2.75) is 52.0 Å². The van der Waals surface area contributed by atoms with E-state index >= 15 is 0 Å². The predicted molar refractivity (Wildman–Crippen MR) is 66.4 cm³/mol. The third kappa shape index (κ3) is 3.38. The van der Waals surface area contributed by atoms with Crippen LogP contribution in [0.15, 0.2) is 16.7 Å². The van der Waals surface area contributed by atoms with Crippen molar-refractivity contribution in [3.05, 3.63) is 23.7 Å². The van der Waals surface area contributed by atoms with Gasteiger partial charge >= 0.3 is 0 Å². The topological polar surface area (TPSA) is 25.2 Å². The molecule has 1 aromatic heterocycles. The van der Waals surface area contributed by atoms with Crippen LogP contribution in [0.5, 0.6) is 0 Å². The Morgan fingerprint density at radius 2 is 2.31 bits per heavy atom. The molecule has 0 spiro atoms. The number of rotatable bonds is 7. The summed E-state index contributed by atoms with van der Waals surface area (Å²) in [5, 5.41) is 3.62. The first-order valence-electron chi connectivity index (χ1n) is 6.58. The lowest BCUT2D eigenvalue weighted by Crippen LogP contribution is -2.21. The minimum absolute atomic E-state index is 0.498. The predicted octanol–water partition coefficient (Wildman–Crippen LogP) is 3.82. The van der Waals surface area contributed by atoms with Gasteiger partial charge < -0.3 is 9.73 Å². The van der Waals surface area contributed by atoms with Crippen LogP contribution in [0.25, 0.3) is 0 Å². The highest BCUT2D eigenvalue weighted by atomic mass is 16.3. The maximum atomic E-state index is 5.41. The molecule has 0 saturated heterocycles. The summed E-state index contributed by atoms with van der Waals surface area (Å²) in [4.78, 5) is 0. The summed E-state index contributed by atoms with van der Waals surface area (Å²) < 4.78 is 5.41. The van der Waals surface area contributed by atoms with Gasteiger partial charge in [0.2, 0.25) is 0 Å². The smallest absolute Gasteiger partial charge is 0.101 e. The van der Waals surface area contributed by atoms with Gasteiger partial charge in [0.15, 0.2) is 0 Å². The minimum atomic E-state index is 0.498. The van der Waals surface area contributed by atoms with Gasteiger partial charge in [-0.25, -0.2) is 0 Å². The van der Waals surface area contributed by atoms with Crippen LogP contribution in [0.3, 0.4) is 0 Å². The Morgan fingerprint density at radius 3 is 2.88 bits per heavy atom. The standard InChI is InChI=1S/C14H23NO/c1-3-8-15-14(7-6-12-4-5-12)13-9-11(2)16-10-13/h9-10,12,14-15H,3-8H2,1-2H3. The third-order valence-corrected chi connectivity index (χ3v) is 3.35. The first-order chi connectivity index (χ1) is 7.79. The van der Waals surface area contributed by atoms with E-state index in [-0.39, 0.29) is 0 Å². The molecule has 1 saturated carbocycles. The van der Waals surface area contributed by atoms with Crippen LogP contribution in [-0.2, 0) is 0 Å². The zero-order valence-corrected chi connectivity index (χ0v) is 10.5. The van der Waals surface area contributed by atoms with Gasteiger partial charge in [-0.15, -0.1) is 0 Å². The molecule has 0 bridgehead atoms. The molecule has 90 valence electrons. The van der Waals surface area contributed by atoms with E-state index < -0.39 is 0 Å². The van der Waals surface area contributed by atoms with Crippen molar-refractivity contribution < 1.29 is 4.42 Å². The van der Waals surface area contributed by atoms with Crippen LogP contribution in [0, 0.1) is 12.8 Å². The van der Waals surface area contributed by atoms with E-state index in [0.717, 1.165) is 18.2 Å². The molecule has 0 amide bonds. The normalized spacial score (nSPS) is 17.6. The number of nitrogens with one attached hydrogen (secondary N) is 1. The highest BCUT2D eigenvalue weighted by molar-refractivity contribution is 5.16. The van der Waals surface area contributed by atoms with Crippen LogP contribution in [0.4, 0.5) is 0 Å². The van der Waals surface area contributed by atoms with Gasteiger partial charge in [0.25, 0.3) is 0 Å². The third-order valence-electron chi connectivity index (χ3n) is 3.35. The molecule has 2 heteroatoms. The second kappa shape index (κ2) is 5.53. The first-order valence-corrected chi connectivity index (χ1v) is 6.58. The summed E-state index contributed by atoms with van der Waals surface area (Å²) in [6.45, 7) is 5.33. The molecule has 1 aliphatic carbocycles. The van der Waals surface area contributed by atoms with Crippen molar-refractivity contribution in [3.8, 4) is 0 Å². The fraction of sp³-hybridized carbons (Fsp3) is 0.714. The average Bonchev–Trinajstić information content (AvgIpc) is 3.01. The lowest BCUT2D eigenvalue weighted by molar-refractivity contribution is 0.461. The Balaban J connectivity index is 1.89. The Kier molecular flexibility index (Phi) is 4.05. The lowest BCUT2D eigenvalue weighted by atomic mass is 10.0. The van der Waals surface area contributed by atoms with E-state index in [0.29, 0.717) is 6.04 Å². The van der Waals surface area contributed by atoms with Crippen LogP contribution in [0.2, 0.25) is 0 Å². The number of aryl methyl sites for hydroxylation is 1. The summed E-state index contributed by atoms with van der Waals surface area (Å²) in [7, 11) is 0. The van der Waals surface area contributed by atoms with Crippen molar-refractivity contribution in [1.82, 2.24) is 5.32 Å². The molecular weight excluding hydrogens is 198 g/mol. The Bertz CT molecular complexity index is 314. The molecule has 0 radical (unpaired) electrons. The summed E-state index contributed by atoms with van der Waals surface area (Å²) in [6.07, 6.45) is 8.62. The minimum Gasteiger partial charge on any atom is -0.469 e. The van der Waals surface area contributed by atoms with Crippen molar-refractivity contribution >= 4 is 0 Å². The van der Waals surface area contributed by atoms with Crippen molar-refractivity contribution in [2.24, 2.45) is 5.92 Å². The van der Waals surface area contributed by atoms with Crippen molar-refractivity contribution in [3.63, 3.8) is 0 Å². The molecule has 1 unspecified atom stereocenters. The van der Waals surface area contributed by atoms with Crippen molar-refractivity contribution in [2.75, 3.05) is 6.54 Å². The molecule has 1 atom stereocenters. The molecule has 1 fully saturated rings. The molecule has 2 nitrogen and oxygen atoms in total. The maximum Gasteiger partial charge on any atom is 0.101 e. The SMILES string of the molecule is CCCNC(CCC1CC1)c1coc(C)c1. The first kappa shape index (κ1) is 11.7. The van der Waals surface area contributed by atoms with Gasteiger partial charge in [-0.2, -0.15) is 0 Å². The fourth-order valence-corrected chi connectivity index (χ4v) is 2.16. The quantitative estimate of drug-likeness (QED) is 0.757. The largest absolute Gasteiger partial charge is 0.469 e. The zero-order valence-electron chi connectivity index (χ0n) is 10.5. The molecule has 16 heavy (non-hydrogen) atoms. The van der Waals surface area contributed by atoms with Gasteiger partial charge in [0.05, 0.1) is 6.26 Å². The summed E-state index contributed by atoms with van der Waals surface area (Å²) >= 11 is 0. The number of hydrogen-bond acceptors (Lipinski definition) is 2.